The second-order valence-electron chi connectivity index (χ2n) is 13.7. The Morgan fingerprint density at radius 1 is 0.564 bits per heavy atom. The quantitative estimate of drug-likeness (QED) is 0.119. The van der Waals surface area contributed by atoms with E-state index in [4.69, 9.17) is 9.47 Å². The molecule has 4 aromatic carbocycles. The third-order valence-corrected chi connectivity index (χ3v) is 8.71. The van der Waals surface area contributed by atoms with E-state index in [2.05, 4.69) is 89.0 Å². The Kier molecular flexibility index (Phi) is 12.7. The summed E-state index contributed by atoms with van der Waals surface area (Å²) in [5.41, 5.74) is 6.90. The van der Waals surface area contributed by atoms with E-state index in [1.165, 1.54) is 12.7 Å². The van der Waals surface area contributed by atoms with Crippen molar-refractivity contribution in [1.29, 1.82) is 0 Å². The zero-order valence-electron chi connectivity index (χ0n) is 30.6. The Morgan fingerprint density at radius 2 is 1.04 bits per heavy atom. The number of rotatable bonds is 11. The Bertz CT molecular complexity index is 2370. The number of ether oxygens (including phenoxy) is 2. The summed E-state index contributed by atoms with van der Waals surface area (Å²) in [7, 11) is 0. The molecule has 0 unspecified atom stereocenters. The molecule has 0 aliphatic carbocycles. The van der Waals surface area contributed by atoms with Gasteiger partial charge in [0, 0.05) is 35.4 Å². The van der Waals surface area contributed by atoms with E-state index < -0.39 is 0 Å². The fourth-order valence-corrected chi connectivity index (χ4v) is 6.49. The van der Waals surface area contributed by atoms with E-state index >= 15 is 0 Å². The van der Waals surface area contributed by atoms with Gasteiger partial charge in [0.25, 0.3) is 0 Å². The minimum absolute atomic E-state index is 0. The molecule has 8 aromatic rings. The first-order valence-electron chi connectivity index (χ1n) is 17.7. The van der Waals surface area contributed by atoms with Gasteiger partial charge in [-0.1, -0.05) is 99.8 Å². The van der Waals surface area contributed by atoms with Crippen LogP contribution in [0.4, 0.5) is 0 Å². The Morgan fingerprint density at radius 3 is 1.45 bits per heavy atom. The molecule has 0 saturated heterocycles. The minimum atomic E-state index is 0. The number of hydrogen-bond acceptors (Lipinski definition) is 7. The molecular formula is C45H36N6O2Pt2. The molecule has 0 aliphatic rings. The molecule has 0 bridgehead atoms. The smallest absolute Gasteiger partial charge is 0.503 e. The maximum atomic E-state index is 6.64. The summed E-state index contributed by atoms with van der Waals surface area (Å²) in [5.74, 6) is 3.53. The second kappa shape index (κ2) is 17.6. The molecule has 0 N–H and O–H groups in total. The summed E-state index contributed by atoms with van der Waals surface area (Å²) < 4.78 is 15.2. The van der Waals surface area contributed by atoms with Gasteiger partial charge < -0.3 is 24.0 Å². The van der Waals surface area contributed by atoms with E-state index in [0.717, 1.165) is 68.3 Å². The van der Waals surface area contributed by atoms with Crippen molar-refractivity contribution in [2.45, 2.75) is 40.5 Å². The molecule has 8 nitrogen and oxygen atoms in total. The van der Waals surface area contributed by atoms with E-state index in [1.807, 2.05) is 77.4 Å². The largest absolute Gasteiger partial charge is 2.00 e. The molecule has 55 heavy (non-hydrogen) atoms. The summed E-state index contributed by atoms with van der Waals surface area (Å²) in [6.07, 6.45) is 8.10. The van der Waals surface area contributed by atoms with Crippen molar-refractivity contribution in [3.05, 3.63) is 145 Å². The number of nitrogens with zero attached hydrogens (tertiary/aromatic N) is 6. The molecule has 0 aliphatic heterocycles. The van der Waals surface area contributed by atoms with Gasteiger partial charge in [-0.05, 0) is 23.5 Å². The van der Waals surface area contributed by atoms with Crippen molar-refractivity contribution in [3.8, 4) is 51.5 Å². The molecule has 0 fully saturated rings. The van der Waals surface area contributed by atoms with E-state index in [1.54, 1.807) is 12.4 Å². The second-order valence-corrected chi connectivity index (χ2v) is 13.7. The van der Waals surface area contributed by atoms with Crippen LogP contribution in [0.3, 0.4) is 0 Å². The Hall–Kier alpha value is -5.03. The normalized spacial score (nSPS) is 11.1. The van der Waals surface area contributed by atoms with Crippen molar-refractivity contribution in [2.24, 2.45) is 11.8 Å². The maximum Gasteiger partial charge on any atom is 2.00 e. The van der Waals surface area contributed by atoms with Crippen molar-refractivity contribution in [2.75, 3.05) is 0 Å². The monoisotopic (exact) mass is 1080 g/mol. The standard InChI is InChI=1S/C45H36N6O2.2Pt/c1-29(2)19-33-23-37-38-24-34(20-30(3)4)44(53-36-14-10-12-32(22-36)40-16-6-8-18-48-40)26-42(38)51(45-49-27-46-28-50-45)41(37)25-43(33)52-35-13-9-11-31(21-35)39-15-5-7-17-47-39;;/h5-18,23-24,27-30H,19-20H2,1-4H3;;/q-4;2*+2. The molecule has 278 valence electrons. The topological polar surface area (TPSA) is 87.8 Å². The van der Waals surface area contributed by atoms with Gasteiger partial charge in [0.15, 0.2) is 0 Å². The molecule has 4 aromatic heterocycles. The van der Waals surface area contributed by atoms with Gasteiger partial charge in [0.1, 0.15) is 12.7 Å². The van der Waals surface area contributed by atoms with Crippen LogP contribution in [0.5, 0.6) is 23.0 Å². The molecule has 0 atom stereocenters. The predicted molar refractivity (Wildman–Crippen MR) is 206 cm³/mol. The van der Waals surface area contributed by atoms with Crippen molar-refractivity contribution in [3.63, 3.8) is 0 Å². The van der Waals surface area contributed by atoms with Crippen LogP contribution in [-0.4, -0.2) is 29.5 Å². The van der Waals surface area contributed by atoms with Gasteiger partial charge in [0.05, 0.1) is 0 Å². The minimum Gasteiger partial charge on any atom is -0.503 e. The Labute approximate surface area is 350 Å². The number of hydrogen-bond donors (Lipinski definition) is 0. The van der Waals surface area contributed by atoms with Crippen molar-refractivity contribution in [1.82, 2.24) is 29.5 Å². The number of pyridine rings is 2. The summed E-state index contributed by atoms with van der Waals surface area (Å²) in [5, 5.41) is 1.98. The van der Waals surface area contributed by atoms with Crippen LogP contribution in [0.2, 0.25) is 0 Å². The molecule has 10 heteroatoms. The van der Waals surface area contributed by atoms with Crippen LogP contribution in [0.25, 0.3) is 50.3 Å². The van der Waals surface area contributed by atoms with Crippen LogP contribution in [0.1, 0.15) is 38.8 Å². The van der Waals surface area contributed by atoms with E-state index in [-0.39, 0.29) is 42.1 Å². The molecule has 0 amide bonds. The molecule has 0 spiro atoms. The van der Waals surface area contributed by atoms with E-state index in [0.29, 0.717) is 40.8 Å². The van der Waals surface area contributed by atoms with Gasteiger partial charge in [-0.3, -0.25) is 0 Å². The zero-order valence-corrected chi connectivity index (χ0v) is 35.1. The average Bonchev–Trinajstić information content (AvgIpc) is 3.47. The molecular weight excluding hydrogens is 1050 g/mol. The van der Waals surface area contributed by atoms with Gasteiger partial charge in [-0.25, -0.2) is 15.0 Å². The molecule has 8 rings (SSSR count). The third kappa shape index (κ3) is 8.77. The number of aromatic nitrogens is 6. The third-order valence-electron chi connectivity index (χ3n) is 8.71. The maximum absolute atomic E-state index is 6.64. The molecule has 0 saturated carbocycles. The van der Waals surface area contributed by atoms with Gasteiger partial charge in [-0.2, -0.15) is 22.9 Å². The fourth-order valence-electron chi connectivity index (χ4n) is 6.49. The summed E-state index contributed by atoms with van der Waals surface area (Å²) in [6.45, 7) is 8.81. The van der Waals surface area contributed by atoms with Gasteiger partial charge >= 0.3 is 42.1 Å². The fraction of sp³-hybridized carbons (Fsp3) is 0.178. The van der Waals surface area contributed by atoms with E-state index in [9.17, 15) is 0 Å². The van der Waals surface area contributed by atoms with Crippen LogP contribution >= 0.6 is 0 Å². The predicted octanol–water partition coefficient (Wildman–Crippen LogP) is 10.3. The summed E-state index contributed by atoms with van der Waals surface area (Å²) in [4.78, 5) is 22.3. The first-order chi connectivity index (χ1) is 25.9. The number of benzene rings is 4. The van der Waals surface area contributed by atoms with Gasteiger partial charge in [0.2, 0.25) is 5.95 Å². The number of fused-ring (bicyclic) bond motifs is 3. The summed E-state index contributed by atoms with van der Waals surface area (Å²) >= 11 is 0. The molecule has 4 heterocycles. The Balaban J connectivity index is 0.00000257. The van der Waals surface area contributed by atoms with Gasteiger partial charge in [-0.15, -0.1) is 70.8 Å². The first kappa shape index (κ1) is 39.7. The molecule has 0 radical (unpaired) electrons. The average molecular weight is 1080 g/mol. The summed E-state index contributed by atoms with van der Waals surface area (Å²) in [6, 6.07) is 41.8. The first-order valence-corrected chi connectivity index (χ1v) is 17.7. The SMILES string of the molecule is CC(C)Cc1cc2c3cc(CC(C)C)c(Oc4[c-]c(-c5ccccn5)ccc4)[c-]c3n(-c3ncncn3)c2[c-]c1Oc1[c-]c(-c2ccccn2)ccc1.[Pt+2].[Pt+2]. The van der Waals surface area contributed by atoms with Crippen LogP contribution in [0, 0.1) is 36.1 Å². The van der Waals surface area contributed by atoms with Crippen molar-refractivity contribution < 1.29 is 51.6 Å². The van der Waals surface area contributed by atoms with Crippen LogP contribution in [-0.2, 0) is 55.0 Å². The van der Waals surface area contributed by atoms with Crippen LogP contribution in [0.15, 0.2) is 110 Å². The zero-order chi connectivity index (χ0) is 36.3. The van der Waals surface area contributed by atoms with Crippen molar-refractivity contribution >= 4 is 21.8 Å². The van der Waals surface area contributed by atoms with Crippen LogP contribution < -0.4 is 9.47 Å².